The van der Waals surface area contributed by atoms with Crippen LogP contribution >= 0.6 is 0 Å². The molecule has 0 spiro atoms. The molecule has 5 atom stereocenters. The summed E-state index contributed by atoms with van der Waals surface area (Å²) in [5.74, 6) is 0.221. The number of hydrogen-bond donors (Lipinski definition) is 4. The number of hydrogen-bond acceptors (Lipinski definition) is 7. The van der Waals surface area contributed by atoms with Gasteiger partial charge in [-0.05, 0) is 47.9 Å². The summed E-state index contributed by atoms with van der Waals surface area (Å²) in [6.45, 7) is 5.78. The number of carbonyl (C=O) groups is 1. The molecule has 0 saturated carbocycles. The summed E-state index contributed by atoms with van der Waals surface area (Å²) in [6.07, 6.45) is 15.5. The molecule has 1 heterocycles. The summed E-state index contributed by atoms with van der Waals surface area (Å²) in [4.78, 5) is 14.6. The van der Waals surface area contributed by atoms with E-state index in [0.717, 1.165) is 35.1 Å². The molecule has 0 aromatic heterocycles. The van der Waals surface area contributed by atoms with E-state index >= 15 is 0 Å². The summed E-state index contributed by atoms with van der Waals surface area (Å²) in [7, 11) is 1.96. The number of phenols is 1. The highest BCUT2D eigenvalue weighted by molar-refractivity contribution is 5.75. The largest absolute Gasteiger partial charge is 0.508 e. The molecule has 8 nitrogen and oxygen atoms in total. The maximum atomic E-state index is 12.6. The number of aliphatic hydroxyl groups is 2. The van der Waals surface area contributed by atoms with E-state index in [1.165, 1.54) is 70.6 Å². The van der Waals surface area contributed by atoms with Gasteiger partial charge in [0.05, 0.1) is 24.9 Å². The van der Waals surface area contributed by atoms with Crippen molar-refractivity contribution in [2.45, 2.75) is 141 Å². The Morgan fingerprint density at radius 2 is 1.38 bits per heavy atom. The van der Waals surface area contributed by atoms with E-state index in [1.807, 2.05) is 66.5 Å². The zero-order valence-electron chi connectivity index (χ0n) is 32.6. The quantitative estimate of drug-likeness (QED) is 0.0680. The van der Waals surface area contributed by atoms with Gasteiger partial charge in [-0.3, -0.25) is 4.79 Å². The van der Waals surface area contributed by atoms with Crippen LogP contribution in [-0.2, 0) is 27.4 Å². The molecule has 3 aromatic carbocycles. The van der Waals surface area contributed by atoms with E-state index in [1.54, 1.807) is 18.2 Å². The summed E-state index contributed by atoms with van der Waals surface area (Å²) in [6, 6.07) is 22.6. The smallest absolute Gasteiger partial charge is 0.220 e. The number of nitrogens with one attached hydrogen (secondary N) is 1. The number of nitrogens with zero attached hydrogens (tertiary/aromatic N) is 1. The molecule has 1 unspecified atom stereocenters. The van der Waals surface area contributed by atoms with Gasteiger partial charge in [-0.1, -0.05) is 152 Å². The van der Waals surface area contributed by atoms with Gasteiger partial charge in [0.15, 0.2) is 6.29 Å². The minimum absolute atomic E-state index is 0.00372. The third kappa shape index (κ3) is 14.8. The molecular formula is C45H66N2O6. The monoisotopic (exact) mass is 730 g/mol. The van der Waals surface area contributed by atoms with Gasteiger partial charge in [0.25, 0.3) is 0 Å². The Morgan fingerprint density at radius 3 is 1.98 bits per heavy atom. The minimum atomic E-state index is -0.762. The lowest BCUT2D eigenvalue weighted by Gasteiger charge is -2.42. The fraction of sp³-hybridized carbons (Fsp3) is 0.578. The van der Waals surface area contributed by atoms with Crippen LogP contribution in [-0.4, -0.2) is 52.4 Å². The molecule has 0 radical (unpaired) electrons. The molecule has 0 aliphatic carbocycles. The van der Waals surface area contributed by atoms with Crippen molar-refractivity contribution in [3.63, 3.8) is 0 Å². The summed E-state index contributed by atoms with van der Waals surface area (Å²) < 4.78 is 13.2. The van der Waals surface area contributed by atoms with Crippen LogP contribution in [0.25, 0.3) is 0 Å². The topological polar surface area (TPSA) is 111 Å². The zero-order chi connectivity index (χ0) is 37.8. The average Bonchev–Trinajstić information content (AvgIpc) is 3.17. The van der Waals surface area contributed by atoms with Crippen LogP contribution in [0.5, 0.6) is 5.75 Å². The first-order chi connectivity index (χ1) is 25.8. The molecule has 1 aliphatic heterocycles. The highest BCUT2D eigenvalue weighted by Crippen LogP contribution is 2.42. The van der Waals surface area contributed by atoms with Crippen molar-refractivity contribution >= 4 is 5.91 Å². The van der Waals surface area contributed by atoms with Crippen LogP contribution in [0.3, 0.4) is 0 Å². The Bertz CT molecular complexity index is 1450. The van der Waals surface area contributed by atoms with E-state index in [9.17, 15) is 20.1 Å². The highest BCUT2D eigenvalue weighted by Gasteiger charge is 2.39. The van der Waals surface area contributed by atoms with Crippen LogP contribution in [0.1, 0.15) is 150 Å². The first-order valence-electron chi connectivity index (χ1n) is 20.3. The van der Waals surface area contributed by atoms with Gasteiger partial charge in [-0.15, -0.1) is 0 Å². The lowest BCUT2D eigenvalue weighted by atomic mass is 9.90. The maximum absolute atomic E-state index is 12.6. The predicted molar refractivity (Wildman–Crippen MR) is 212 cm³/mol. The van der Waals surface area contributed by atoms with Crippen molar-refractivity contribution in [1.29, 1.82) is 0 Å². The van der Waals surface area contributed by atoms with Crippen molar-refractivity contribution in [2.24, 2.45) is 5.92 Å². The number of phenolic OH excluding ortho intramolecular Hbond substituents is 1. The predicted octanol–water partition coefficient (Wildman–Crippen LogP) is 9.44. The van der Waals surface area contributed by atoms with Crippen LogP contribution in [0, 0.1) is 5.92 Å². The number of unbranched alkanes of at least 4 members (excludes halogenated alkanes) is 12. The molecule has 53 heavy (non-hydrogen) atoms. The molecule has 4 rings (SSSR count). The van der Waals surface area contributed by atoms with Crippen molar-refractivity contribution in [1.82, 2.24) is 10.2 Å². The second-order valence-corrected chi connectivity index (χ2v) is 15.2. The molecule has 0 bridgehead atoms. The summed E-state index contributed by atoms with van der Waals surface area (Å²) >= 11 is 0. The molecule has 1 fully saturated rings. The Kier molecular flexibility index (Phi) is 18.8. The molecule has 1 saturated heterocycles. The second kappa shape index (κ2) is 23.5. The molecule has 1 aliphatic rings. The third-order valence-electron chi connectivity index (χ3n) is 10.6. The molecule has 1 amide bonds. The van der Waals surface area contributed by atoms with Gasteiger partial charge in [-0.2, -0.15) is 0 Å². The number of carbonyl (C=O) groups excluding carboxylic acids is 1. The number of aromatic hydroxyl groups is 1. The number of aliphatic hydroxyl groups excluding tert-OH is 2. The first-order valence-corrected chi connectivity index (χ1v) is 20.3. The Morgan fingerprint density at radius 1 is 0.792 bits per heavy atom. The van der Waals surface area contributed by atoms with Crippen LogP contribution in [0.15, 0.2) is 72.8 Å². The SMILES string of the molecule is CCCCCCCCCCCCCCCC(=O)NCc1ccc(C2O[C@H](CN(C)C[C@@H](O)c3cccc(O)c3)[C@H](C)[C@H](c3ccc(CO)cc3)O2)cc1. The molecule has 4 N–H and O–H groups in total. The van der Waals surface area contributed by atoms with Gasteiger partial charge in [0.1, 0.15) is 5.75 Å². The van der Waals surface area contributed by atoms with E-state index in [4.69, 9.17) is 9.47 Å². The standard InChI is InChI=1S/C45H66N2O6/c1-4-5-6-7-8-9-10-11-12-13-14-15-16-20-43(51)46-30-35-21-27-38(28-22-35)45-52-42(32-47(3)31-41(50)39-18-17-19-40(49)29-39)34(2)44(53-45)37-25-23-36(33-48)24-26-37/h17-19,21-29,34,41-42,44-45,48-50H,4-16,20,30-33H2,1-3H3,(H,46,51)/t34-,41+,42+,44+,45?/m0/s1. The van der Waals surface area contributed by atoms with Crippen molar-refractivity contribution < 1.29 is 29.6 Å². The number of rotatable bonds is 24. The minimum Gasteiger partial charge on any atom is -0.508 e. The molecule has 3 aromatic rings. The lowest BCUT2D eigenvalue weighted by Crippen LogP contribution is -2.44. The van der Waals surface area contributed by atoms with Crippen molar-refractivity contribution in [3.05, 3.63) is 101 Å². The molecule has 8 heteroatoms. The van der Waals surface area contributed by atoms with E-state index < -0.39 is 12.4 Å². The molecular weight excluding hydrogens is 665 g/mol. The zero-order valence-corrected chi connectivity index (χ0v) is 32.6. The van der Waals surface area contributed by atoms with Crippen molar-refractivity contribution in [2.75, 3.05) is 20.1 Å². The van der Waals surface area contributed by atoms with E-state index in [0.29, 0.717) is 31.6 Å². The highest BCUT2D eigenvalue weighted by atomic mass is 16.7. The van der Waals surface area contributed by atoms with Gasteiger partial charge >= 0.3 is 0 Å². The van der Waals surface area contributed by atoms with Crippen LogP contribution < -0.4 is 5.32 Å². The summed E-state index contributed by atoms with van der Waals surface area (Å²) in [5.41, 5.74) is 4.43. The van der Waals surface area contributed by atoms with Crippen LogP contribution in [0.4, 0.5) is 0 Å². The number of likely N-dealkylation sites (N-methyl/N-ethyl adjacent to an activating group) is 1. The maximum Gasteiger partial charge on any atom is 0.220 e. The Labute approximate surface area is 318 Å². The van der Waals surface area contributed by atoms with E-state index in [2.05, 4.69) is 19.2 Å². The Hall–Kier alpha value is -3.27. The van der Waals surface area contributed by atoms with E-state index in [-0.39, 0.29) is 36.4 Å². The second-order valence-electron chi connectivity index (χ2n) is 15.2. The average molecular weight is 731 g/mol. The number of ether oxygens (including phenoxy) is 2. The Balaban J connectivity index is 1.24. The third-order valence-corrected chi connectivity index (χ3v) is 10.6. The number of amides is 1. The fourth-order valence-electron chi connectivity index (χ4n) is 7.23. The van der Waals surface area contributed by atoms with Gasteiger partial charge < -0.3 is 35.0 Å². The molecule has 292 valence electrons. The normalized spacial score (nSPS) is 19.4. The van der Waals surface area contributed by atoms with Gasteiger partial charge in [0, 0.05) is 37.5 Å². The van der Waals surface area contributed by atoms with Crippen molar-refractivity contribution in [3.8, 4) is 5.75 Å². The van der Waals surface area contributed by atoms with Gasteiger partial charge in [0.2, 0.25) is 5.91 Å². The number of benzene rings is 3. The first kappa shape index (κ1) is 42.5. The fourth-order valence-corrected chi connectivity index (χ4v) is 7.23. The van der Waals surface area contributed by atoms with Gasteiger partial charge in [-0.25, -0.2) is 0 Å². The summed E-state index contributed by atoms with van der Waals surface area (Å²) in [5, 5.41) is 33.4. The van der Waals surface area contributed by atoms with Crippen LogP contribution in [0.2, 0.25) is 0 Å². The lowest BCUT2D eigenvalue weighted by molar-refractivity contribution is -0.276.